The van der Waals surface area contributed by atoms with Gasteiger partial charge in [-0.3, -0.25) is 9.59 Å². The van der Waals surface area contributed by atoms with Crippen molar-refractivity contribution in [1.82, 2.24) is 60.6 Å². The van der Waals surface area contributed by atoms with E-state index in [-0.39, 0.29) is 30.9 Å². The number of hydrogen-bond acceptors (Lipinski definition) is 19. The average molecular weight is 865 g/mol. The summed E-state index contributed by atoms with van der Waals surface area (Å²) in [5, 5.41) is 14.6. The third kappa shape index (κ3) is 11.1. The Labute approximate surface area is 362 Å². The van der Waals surface area contributed by atoms with E-state index in [1.165, 1.54) is 11.9 Å². The van der Waals surface area contributed by atoms with Gasteiger partial charge < -0.3 is 55.8 Å². The van der Waals surface area contributed by atoms with Crippen molar-refractivity contribution in [2.75, 3.05) is 107 Å². The number of oxazole rings is 1. The number of nitrogens with one attached hydrogen (secondary N) is 3. The zero-order valence-electron chi connectivity index (χ0n) is 35.0. The second-order valence-corrected chi connectivity index (χ2v) is 15.0. The molecule has 22 heteroatoms. The molecule has 5 aromatic heterocycles. The number of nitrogens with zero attached hydrogens (tertiary/aromatic N) is 11. The van der Waals surface area contributed by atoms with Crippen LogP contribution in [0.1, 0.15) is 40.9 Å². The monoisotopic (exact) mass is 864 g/mol. The van der Waals surface area contributed by atoms with Crippen LogP contribution in [-0.2, 0) is 38.5 Å². The molecule has 8 rings (SSSR count). The lowest BCUT2D eigenvalue weighted by molar-refractivity contribution is -0.122. The fourth-order valence-corrected chi connectivity index (χ4v) is 7.32. The molecular weight excluding hydrogens is 813 g/mol. The lowest BCUT2D eigenvalue weighted by atomic mass is 10.1. The van der Waals surface area contributed by atoms with E-state index in [9.17, 15) is 9.59 Å². The quantitative estimate of drug-likeness (QED) is 0.0634. The number of rotatable bonds is 21. The summed E-state index contributed by atoms with van der Waals surface area (Å²) in [7, 11) is 0. The van der Waals surface area contributed by atoms with Crippen molar-refractivity contribution in [2.24, 2.45) is 0 Å². The van der Waals surface area contributed by atoms with Crippen molar-refractivity contribution in [3.8, 4) is 11.3 Å². The molecule has 0 bridgehead atoms. The summed E-state index contributed by atoms with van der Waals surface area (Å²) >= 11 is 0. The molecule has 0 saturated carbocycles. The van der Waals surface area contributed by atoms with Crippen molar-refractivity contribution in [3.05, 3.63) is 59.9 Å². The van der Waals surface area contributed by atoms with Crippen LogP contribution in [-0.4, -0.2) is 142 Å². The van der Waals surface area contributed by atoms with Crippen LogP contribution in [0.25, 0.3) is 33.4 Å². The van der Waals surface area contributed by atoms with E-state index in [2.05, 4.69) is 55.7 Å². The molecule has 2 aliphatic rings. The van der Waals surface area contributed by atoms with Gasteiger partial charge >= 0.3 is 0 Å². The minimum absolute atomic E-state index is 0.0856. The Bertz CT molecular complexity index is 2470. The molecule has 7 N–H and O–H groups in total. The number of aromatic nitrogens is 9. The van der Waals surface area contributed by atoms with Crippen molar-refractivity contribution in [2.45, 2.75) is 38.8 Å². The van der Waals surface area contributed by atoms with Crippen molar-refractivity contribution < 1.29 is 28.2 Å². The van der Waals surface area contributed by atoms with E-state index in [0.717, 1.165) is 75.7 Å². The number of carbonyl (C=O) groups excluding carboxylic acids is 2. The van der Waals surface area contributed by atoms with Gasteiger partial charge in [-0.05, 0) is 31.0 Å². The van der Waals surface area contributed by atoms with Crippen LogP contribution >= 0.6 is 0 Å². The molecule has 1 aromatic carbocycles. The van der Waals surface area contributed by atoms with Crippen LogP contribution in [0.5, 0.6) is 0 Å². The number of nitrogen functional groups attached to an aromatic ring is 2. The molecule has 0 radical (unpaired) electrons. The largest absolute Gasteiger partial charge is 0.424 e. The summed E-state index contributed by atoms with van der Waals surface area (Å²) in [6.07, 6.45) is 9.10. The zero-order chi connectivity index (χ0) is 43.4. The van der Waals surface area contributed by atoms with Crippen LogP contribution in [0.2, 0.25) is 0 Å². The lowest BCUT2D eigenvalue weighted by Crippen LogP contribution is -2.48. The summed E-state index contributed by atoms with van der Waals surface area (Å²) < 4.78 is 23.9. The molecule has 6 aromatic rings. The smallest absolute Gasteiger partial charge is 0.292 e. The van der Waals surface area contributed by atoms with Crippen molar-refractivity contribution in [1.29, 1.82) is 0 Å². The second kappa shape index (κ2) is 21.0. The number of carbonyl (C=O) groups is 2. The minimum atomic E-state index is -0.265. The van der Waals surface area contributed by atoms with Crippen molar-refractivity contribution >= 4 is 57.7 Å². The average Bonchev–Trinajstić information content (AvgIpc) is 3.88. The first-order valence-corrected chi connectivity index (χ1v) is 21.2. The number of fused-ring (bicyclic) bond motifs is 3. The second-order valence-electron chi connectivity index (χ2n) is 15.0. The van der Waals surface area contributed by atoms with E-state index in [1.807, 2.05) is 18.3 Å². The highest BCUT2D eigenvalue weighted by Crippen LogP contribution is 2.32. The standard InChI is InChI=1S/C41H52N16O6/c42-36-34-35(27-3-4-32-31(21-27)52-39(43)63-32)54-57(37(34)51-26-50-36)10-2-1-7-45-33(58)6-15-60-17-19-62-20-18-61-16-9-46-38(59)29-24-47-40(48-25-29)55-11-13-56(14-12-55)41-49-23-28-22-44-8-5-30(28)53-41/h3-4,21,23-26,44H,1-2,5-20,22H2,(H2,43,52)(H,45,58)(H,46,59)(H2,42,50,51). The first kappa shape index (κ1) is 43.0. The summed E-state index contributed by atoms with van der Waals surface area (Å²) in [6, 6.07) is 5.59. The van der Waals surface area contributed by atoms with E-state index in [1.54, 1.807) is 23.1 Å². The summed E-state index contributed by atoms with van der Waals surface area (Å²) in [5.41, 5.74) is 17.9. The summed E-state index contributed by atoms with van der Waals surface area (Å²) in [6.45, 7) is 8.28. The molecule has 0 unspecified atom stereocenters. The molecule has 1 fully saturated rings. The van der Waals surface area contributed by atoms with Gasteiger partial charge in [0.15, 0.2) is 11.2 Å². The van der Waals surface area contributed by atoms with Crippen LogP contribution in [0.15, 0.2) is 47.5 Å². The first-order valence-electron chi connectivity index (χ1n) is 21.2. The molecule has 2 aliphatic heterocycles. The normalized spacial score (nSPS) is 14.0. The minimum Gasteiger partial charge on any atom is -0.424 e. The van der Waals surface area contributed by atoms with Crippen molar-refractivity contribution in [3.63, 3.8) is 0 Å². The highest BCUT2D eigenvalue weighted by molar-refractivity contribution is 5.99. The molecule has 7 heterocycles. The maximum Gasteiger partial charge on any atom is 0.292 e. The van der Waals surface area contributed by atoms with Gasteiger partial charge in [-0.1, -0.05) is 0 Å². The number of benzene rings is 1. The maximum atomic E-state index is 12.6. The number of ether oxygens (including phenoxy) is 3. The van der Waals surface area contributed by atoms with Gasteiger partial charge in [0.1, 0.15) is 23.4 Å². The topological polar surface area (TPSA) is 278 Å². The van der Waals surface area contributed by atoms with Crippen LogP contribution in [0.3, 0.4) is 0 Å². The third-order valence-corrected chi connectivity index (χ3v) is 10.6. The number of hydrogen-bond donors (Lipinski definition) is 5. The van der Waals surface area contributed by atoms with Gasteiger partial charge in [0.2, 0.25) is 17.8 Å². The Hall–Kier alpha value is -6.62. The predicted octanol–water partition coefficient (Wildman–Crippen LogP) is 1.12. The number of nitrogens with two attached hydrogens (primary N) is 2. The number of amides is 2. The Morgan fingerprint density at radius 1 is 0.810 bits per heavy atom. The maximum absolute atomic E-state index is 12.6. The predicted molar refractivity (Wildman–Crippen MR) is 233 cm³/mol. The number of piperazine rings is 1. The van der Waals surface area contributed by atoms with Gasteiger partial charge in [0.25, 0.3) is 11.9 Å². The molecule has 0 aliphatic carbocycles. The van der Waals surface area contributed by atoms with E-state index in [0.29, 0.717) is 97.8 Å². The fraction of sp³-hybridized carbons (Fsp3) is 0.463. The molecule has 1 saturated heterocycles. The molecule has 332 valence electrons. The fourth-order valence-electron chi connectivity index (χ4n) is 7.32. The van der Waals surface area contributed by atoms with Crippen LogP contribution in [0.4, 0.5) is 23.7 Å². The molecule has 0 spiro atoms. The molecule has 63 heavy (non-hydrogen) atoms. The van der Waals surface area contributed by atoms with E-state index in [4.69, 9.17) is 40.2 Å². The Balaban J connectivity index is 0.625. The number of anilines is 4. The van der Waals surface area contributed by atoms with Gasteiger partial charge in [-0.25, -0.2) is 34.6 Å². The summed E-state index contributed by atoms with van der Waals surface area (Å²) in [5.74, 6) is 1.34. The lowest BCUT2D eigenvalue weighted by Gasteiger charge is -2.35. The Morgan fingerprint density at radius 3 is 2.37 bits per heavy atom. The third-order valence-electron chi connectivity index (χ3n) is 10.6. The summed E-state index contributed by atoms with van der Waals surface area (Å²) in [4.78, 5) is 60.3. The Morgan fingerprint density at radius 2 is 1.56 bits per heavy atom. The SMILES string of the molecule is Nc1nc2cc(-c3nn(CCCCNC(=O)CCOCCOCCOCCNC(=O)c4cnc(N5CCN(c6ncc7c(n6)CCNC7)CC5)nc4)c4ncnc(N)c34)ccc2o1. The van der Waals surface area contributed by atoms with Gasteiger partial charge in [0.05, 0.1) is 56.3 Å². The van der Waals surface area contributed by atoms with Gasteiger partial charge in [-0.2, -0.15) is 10.1 Å². The highest BCUT2D eigenvalue weighted by Gasteiger charge is 2.23. The number of aryl methyl sites for hydroxylation is 1. The molecule has 0 atom stereocenters. The first-order chi connectivity index (χ1) is 30.9. The van der Waals surface area contributed by atoms with Gasteiger partial charge in [0, 0.05) is 101 Å². The zero-order valence-corrected chi connectivity index (χ0v) is 35.0. The van der Waals surface area contributed by atoms with E-state index < -0.39 is 0 Å². The molecule has 22 nitrogen and oxygen atoms in total. The van der Waals surface area contributed by atoms with Crippen LogP contribution < -0.4 is 37.2 Å². The van der Waals surface area contributed by atoms with Crippen LogP contribution in [0, 0.1) is 0 Å². The van der Waals surface area contributed by atoms with Gasteiger partial charge in [-0.15, -0.1) is 0 Å². The highest BCUT2D eigenvalue weighted by atomic mass is 16.5. The van der Waals surface area contributed by atoms with E-state index >= 15 is 0 Å². The molecule has 2 amide bonds. The Kier molecular flexibility index (Phi) is 14.3. The number of unbranched alkanes of at least 4 members (excludes halogenated alkanes) is 1. The molecular formula is C41H52N16O6.